The van der Waals surface area contributed by atoms with E-state index >= 15 is 0 Å². The summed E-state index contributed by atoms with van der Waals surface area (Å²) in [4.78, 5) is 0. The second-order valence-electron chi connectivity index (χ2n) is 5.40. The van der Waals surface area contributed by atoms with Crippen molar-refractivity contribution < 1.29 is 44.5 Å². The minimum absolute atomic E-state index is 0.0780. The second kappa shape index (κ2) is 7.14. The van der Waals surface area contributed by atoms with Crippen LogP contribution in [0.2, 0.25) is 0 Å². The molecule has 132 valence electrons. The molecule has 0 saturated carbocycles. The molecule has 1 heterocycles. The molecule has 0 aromatic rings. The molecule has 2 rings (SSSR count). The number of rotatable bonds is 5. The number of allylic oxidation sites excluding steroid dienone is 1. The molecule has 9 heteroatoms. The maximum absolute atomic E-state index is 10.2. The summed E-state index contributed by atoms with van der Waals surface area (Å²) in [6, 6.07) is 0. The van der Waals surface area contributed by atoms with Crippen molar-refractivity contribution in [3.8, 4) is 0 Å². The maximum Gasteiger partial charge on any atom is 0.228 e. The monoisotopic (exact) mass is 334 g/mol. The van der Waals surface area contributed by atoms with Crippen molar-refractivity contribution in [2.24, 2.45) is 0 Å². The minimum atomic E-state index is -1.65. The number of aliphatic hydroxyl groups excluding tert-OH is 4. The van der Waals surface area contributed by atoms with E-state index in [1.807, 2.05) is 0 Å². The van der Waals surface area contributed by atoms with E-state index in [0.717, 1.165) is 0 Å². The van der Waals surface area contributed by atoms with Gasteiger partial charge < -0.3 is 44.5 Å². The van der Waals surface area contributed by atoms with Gasteiger partial charge in [0.2, 0.25) is 6.29 Å². The van der Waals surface area contributed by atoms with Crippen LogP contribution in [0.5, 0.6) is 0 Å². The lowest BCUT2D eigenvalue weighted by Crippen LogP contribution is -2.59. The van der Waals surface area contributed by atoms with Crippen molar-refractivity contribution in [1.82, 2.24) is 0 Å². The first-order chi connectivity index (χ1) is 10.8. The van der Waals surface area contributed by atoms with Crippen LogP contribution in [0.1, 0.15) is 6.42 Å². The highest BCUT2D eigenvalue weighted by Crippen LogP contribution is 2.31. The van der Waals surface area contributed by atoms with E-state index < -0.39 is 43.1 Å². The Morgan fingerprint density at radius 2 is 1.91 bits per heavy atom. The largest absolute Gasteiger partial charge is 0.497 e. The van der Waals surface area contributed by atoms with E-state index in [0.29, 0.717) is 0 Å². The van der Waals surface area contributed by atoms with E-state index in [1.165, 1.54) is 26.4 Å². The first kappa shape index (κ1) is 18.1. The summed E-state index contributed by atoms with van der Waals surface area (Å²) < 4.78 is 20.7. The lowest BCUT2D eigenvalue weighted by atomic mass is 9.99. The van der Waals surface area contributed by atoms with Gasteiger partial charge in [0.05, 0.1) is 20.1 Å². The second-order valence-corrected chi connectivity index (χ2v) is 5.40. The fourth-order valence-corrected chi connectivity index (χ4v) is 2.41. The van der Waals surface area contributed by atoms with Crippen molar-refractivity contribution in [1.29, 1.82) is 0 Å². The summed E-state index contributed by atoms with van der Waals surface area (Å²) in [5.74, 6) is -1.19. The van der Waals surface area contributed by atoms with Gasteiger partial charge in [0.1, 0.15) is 35.9 Å². The highest BCUT2D eigenvalue weighted by Gasteiger charge is 2.45. The molecule has 1 aliphatic carbocycles. The summed E-state index contributed by atoms with van der Waals surface area (Å²) in [7, 11) is 2.70. The Balaban J connectivity index is 2.14. The van der Waals surface area contributed by atoms with E-state index in [-0.39, 0.29) is 17.9 Å². The third-order valence-corrected chi connectivity index (χ3v) is 3.80. The van der Waals surface area contributed by atoms with Gasteiger partial charge in [-0.15, -0.1) is 0 Å². The molecule has 5 N–H and O–H groups in total. The van der Waals surface area contributed by atoms with Gasteiger partial charge in [0.25, 0.3) is 0 Å². The summed E-state index contributed by atoms with van der Waals surface area (Å²) in [6.07, 6.45) is -4.24. The Morgan fingerprint density at radius 3 is 2.48 bits per heavy atom. The third-order valence-electron chi connectivity index (χ3n) is 3.80. The Bertz CT molecular complexity index is 475. The number of ether oxygens (including phenoxy) is 4. The summed E-state index contributed by atoms with van der Waals surface area (Å²) in [6.45, 7) is -0.560. The normalized spacial score (nSPS) is 41.1. The van der Waals surface area contributed by atoms with E-state index in [4.69, 9.17) is 24.1 Å². The predicted octanol–water partition coefficient (Wildman–Crippen LogP) is -2.04. The maximum atomic E-state index is 10.2. The molecule has 23 heavy (non-hydrogen) atoms. The predicted molar refractivity (Wildman–Crippen MR) is 74.6 cm³/mol. The molecule has 0 spiro atoms. The fraction of sp³-hybridized carbons (Fsp3) is 0.714. The average Bonchev–Trinajstić information content (AvgIpc) is 2.54. The van der Waals surface area contributed by atoms with Gasteiger partial charge in [-0.2, -0.15) is 0 Å². The average molecular weight is 334 g/mol. The van der Waals surface area contributed by atoms with Crippen LogP contribution >= 0.6 is 0 Å². The van der Waals surface area contributed by atoms with Gasteiger partial charge in [-0.3, -0.25) is 0 Å². The summed E-state index contributed by atoms with van der Waals surface area (Å²) in [5, 5.41) is 48.8. The number of hydrogen-bond acceptors (Lipinski definition) is 9. The zero-order valence-corrected chi connectivity index (χ0v) is 12.8. The molecule has 6 atom stereocenters. The summed E-state index contributed by atoms with van der Waals surface area (Å²) >= 11 is 0. The van der Waals surface area contributed by atoms with Crippen LogP contribution < -0.4 is 0 Å². The molecule has 0 aromatic heterocycles. The zero-order valence-electron chi connectivity index (χ0n) is 12.8. The van der Waals surface area contributed by atoms with Crippen molar-refractivity contribution in [2.75, 3.05) is 20.8 Å². The van der Waals surface area contributed by atoms with Gasteiger partial charge >= 0.3 is 0 Å². The van der Waals surface area contributed by atoms with Crippen molar-refractivity contribution in [2.45, 2.75) is 42.9 Å². The first-order valence-corrected chi connectivity index (χ1v) is 7.05. The van der Waals surface area contributed by atoms with Crippen molar-refractivity contribution in [3.63, 3.8) is 0 Å². The van der Waals surface area contributed by atoms with Crippen LogP contribution in [0.3, 0.4) is 0 Å². The van der Waals surface area contributed by atoms with Crippen LogP contribution in [0.15, 0.2) is 23.7 Å². The van der Waals surface area contributed by atoms with Gasteiger partial charge in [-0.1, -0.05) is 0 Å². The van der Waals surface area contributed by atoms with Crippen LogP contribution in [-0.2, 0) is 18.9 Å². The SMILES string of the molecule is COC1=CC(O)(OC)CC(O[C@@H]2O[C@H](CO)[C@@H](O)[C@H](O)[C@H]2O)=C1. The Hall–Kier alpha value is -1.20. The van der Waals surface area contributed by atoms with Gasteiger partial charge in [-0.05, 0) is 0 Å². The molecule has 1 fully saturated rings. The standard InChI is InChI=1S/C14H22O9/c1-20-7-3-8(5-14(19,4-7)21-2)22-13-12(18)11(17)10(16)9(6-15)23-13/h3-4,9-13,15-19H,5-6H2,1-2H3/t9-,10-,11+,12-,13-,14?/m1/s1. The Morgan fingerprint density at radius 1 is 1.22 bits per heavy atom. The number of hydrogen-bond donors (Lipinski definition) is 5. The highest BCUT2D eigenvalue weighted by atomic mass is 16.7. The smallest absolute Gasteiger partial charge is 0.228 e. The van der Waals surface area contributed by atoms with Crippen molar-refractivity contribution in [3.05, 3.63) is 23.7 Å². The highest BCUT2D eigenvalue weighted by molar-refractivity contribution is 5.25. The molecule has 1 unspecified atom stereocenters. The summed E-state index contributed by atoms with van der Waals surface area (Å²) in [5.41, 5.74) is 0. The van der Waals surface area contributed by atoms with Crippen molar-refractivity contribution >= 4 is 0 Å². The minimum Gasteiger partial charge on any atom is -0.497 e. The van der Waals surface area contributed by atoms with E-state index in [1.54, 1.807) is 0 Å². The van der Waals surface area contributed by atoms with Gasteiger partial charge in [-0.25, -0.2) is 0 Å². The van der Waals surface area contributed by atoms with Crippen LogP contribution in [0.4, 0.5) is 0 Å². The molecule has 1 saturated heterocycles. The molecule has 0 aromatic carbocycles. The zero-order chi connectivity index (χ0) is 17.2. The molecule has 2 aliphatic rings. The quantitative estimate of drug-likeness (QED) is 0.360. The van der Waals surface area contributed by atoms with E-state index in [9.17, 15) is 20.4 Å². The molecule has 0 radical (unpaired) electrons. The Kier molecular flexibility index (Phi) is 5.63. The molecule has 9 nitrogen and oxygen atoms in total. The van der Waals surface area contributed by atoms with Gasteiger partial charge in [0.15, 0.2) is 5.79 Å². The molecule has 0 bridgehead atoms. The van der Waals surface area contributed by atoms with Crippen LogP contribution in [-0.4, -0.2) is 82.9 Å². The van der Waals surface area contributed by atoms with Crippen LogP contribution in [0, 0.1) is 0 Å². The lowest BCUT2D eigenvalue weighted by Gasteiger charge is -2.40. The van der Waals surface area contributed by atoms with Crippen LogP contribution in [0.25, 0.3) is 0 Å². The molecular weight excluding hydrogens is 312 g/mol. The fourth-order valence-electron chi connectivity index (χ4n) is 2.41. The molecule has 0 amide bonds. The number of aliphatic hydroxyl groups is 5. The third kappa shape index (κ3) is 3.83. The lowest BCUT2D eigenvalue weighted by molar-refractivity contribution is -0.294. The van der Waals surface area contributed by atoms with Gasteiger partial charge in [0, 0.05) is 19.3 Å². The van der Waals surface area contributed by atoms with E-state index in [2.05, 4.69) is 0 Å². The first-order valence-electron chi connectivity index (χ1n) is 7.05. The molecular formula is C14H22O9. The number of methoxy groups -OCH3 is 2. The molecule has 1 aliphatic heterocycles. The topological polar surface area (TPSA) is 138 Å². The Labute approximate surface area is 133 Å².